The van der Waals surface area contributed by atoms with Crippen molar-refractivity contribution in [1.29, 1.82) is 0 Å². The molecule has 0 saturated heterocycles. The van der Waals surface area contributed by atoms with Crippen LogP contribution in [0.4, 0.5) is 0 Å². The Morgan fingerprint density at radius 3 is 2.56 bits per heavy atom. The minimum absolute atomic E-state index is 0.0323. The lowest BCUT2D eigenvalue weighted by atomic mass is 9.97. The molecule has 2 aliphatic heterocycles. The lowest BCUT2D eigenvalue weighted by molar-refractivity contribution is 0.0696. The topological polar surface area (TPSA) is 75.0 Å². The minimum Gasteiger partial charge on any atom is -0.502 e. The van der Waals surface area contributed by atoms with Crippen molar-refractivity contribution in [2.24, 2.45) is 0 Å². The fourth-order valence-corrected chi connectivity index (χ4v) is 4.34. The van der Waals surface area contributed by atoms with E-state index in [2.05, 4.69) is 0 Å². The second kappa shape index (κ2) is 7.92. The summed E-state index contributed by atoms with van der Waals surface area (Å²) < 4.78 is 7.73. The maximum atomic E-state index is 13.3. The molecule has 0 unspecified atom stereocenters. The van der Waals surface area contributed by atoms with Crippen molar-refractivity contribution in [3.63, 3.8) is 0 Å². The second-order valence-electron chi connectivity index (χ2n) is 8.02. The summed E-state index contributed by atoms with van der Waals surface area (Å²) in [6, 6.07) is 18.7. The van der Waals surface area contributed by atoms with Crippen LogP contribution < -0.4 is 15.2 Å². The highest BCUT2D eigenvalue weighted by Crippen LogP contribution is 2.37. The highest BCUT2D eigenvalue weighted by atomic mass is 16.5. The summed E-state index contributed by atoms with van der Waals surface area (Å²) in [6.07, 6.45) is 3.50. The molecule has 1 atom stereocenters. The summed E-state index contributed by atoms with van der Waals surface area (Å²) in [5.41, 5.74) is 2.26. The number of amides is 1. The number of hydrogen-bond acceptors (Lipinski definition) is 5. The Bertz CT molecular complexity index is 1270. The first kappa shape index (κ1) is 19.9. The largest absolute Gasteiger partial charge is 0.502 e. The van der Waals surface area contributed by atoms with Crippen LogP contribution in [0, 0.1) is 0 Å². The molecule has 1 amide bonds. The number of hydrogen-bond donors (Lipinski definition) is 1. The highest BCUT2D eigenvalue weighted by molar-refractivity contribution is 5.96. The molecule has 0 radical (unpaired) electrons. The number of aromatic nitrogens is 1. The SMILES string of the molecule is C/C1=C/COc2ccccc2[C@@H](c2ccccc2)N2CN(C1)C(=O)c1c(O)c(=O)ccn12. The molecule has 0 saturated carbocycles. The summed E-state index contributed by atoms with van der Waals surface area (Å²) in [5, 5.41) is 12.6. The van der Waals surface area contributed by atoms with Crippen LogP contribution in [-0.2, 0) is 0 Å². The van der Waals surface area contributed by atoms with Crippen molar-refractivity contribution in [1.82, 2.24) is 9.58 Å². The van der Waals surface area contributed by atoms with E-state index in [-0.39, 0.29) is 24.3 Å². The molecular weight excluding hydrogens is 406 g/mol. The van der Waals surface area contributed by atoms with Gasteiger partial charge in [-0.05, 0) is 24.6 Å². The molecule has 0 aliphatic carbocycles. The molecule has 3 heterocycles. The van der Waals surface area contributed by atoms with Gasteiger partial charge in [-0.15, -0.1) is 0 Å². The van der Waals surface area contributed by atoms with Crippen LogP contribution in [0.2, 0.25) is 0 Å². The van der Waals surface area contributed by atoms with Gasteiger partial charge in [0, 0.05) is 24.4 Å². The Morgan fingerprint density at radius 1 is 1.00 bits per heavy atom. The van der Waals surface area contributed by atoms with Gasteiger partial charge in [-0.3, -0.25) is 19.3 Å². The number of para-hydroxylation sites is 1. The Morgan fingerprint density at radius 2 is 1.75 bits per heavy atom. The zero-order chi connectivity index (χ0) is 22.2. The van der Waals surface area contributed by atoms with Crippen molar-refractivity contribution < 1.29 is 14.6 Å². The molecule has 1 N–H and O–H groups in total. The van der Waals surface area contributed by atoms with Gasteiger partial charge in [0.1, 0.15) is 25.1 Å². The van der Waals surface area contributed by atoms with Gasteiger partial charge in [-0.1, -0.05) is 54.1 Å². The van der Waals surface area contributed by atoms with Crippen molar-refractivity contribution in [3.8, 4) is 11.5 Å². The van der Waals surface area contributed by atoms with Gasteiger partial charge in [0.05, 0.1) is 0 Å². The van der Waals surface area contributed by atoms with Gasteiger partial charge >= 0.3 is 0 Å². The van der Waals surface area contributed by atoms with Crippen LogP contribution in [0.5, 0.6) is 11.5 Å². The molecule has 0 spiro atoms. The number of benzene rings is 2. The van der Waals surface area contributed by atoms with Crippen molar-refractivity contribution in [2.75, 3.05) is 24.8 Å². The van der Waals surface area contributed by atoms with Crippen LogP contribution >= 0.6 is 0 Å². The van der Waals surface area contributed by atoms with Crippen molar-refractivity contribution in [2.45, 2.75) is 13.0 Å². The smallest absolute Gasteiger partial charge is 0.278 e. The summed E-state index contributed by atoms with van der Waals surface area (Å²) in [7, 11) is 0. The molecular formula is C25H23N3O4. The fourth-order valence-electron chi connectivity index (χ4n) is 4.34. The van der Waals surface area contributed by atoms with Gasteiger partial charge < -0.3 is 14.7 Å². The van der Waals surface area contributed by atoms with E-state index in [1.165, 1.54) is 6.07 Å². The van der Waals surface area contributed by atoms with Gasteiger partial charge in [0.15, 0.2) is 11.4 Å². The Kier molecular flexibility index (Phi) is 4.93. The molecule has 162 valence electrons. The molecule has 2 bridgehead atoms. The van der Waals surface area contributed by atoms with Crippen LogP contribution in [0.3, 0.4) is 0 Å². The maximum Gasteiger partial charge on any atom is 0.278 e. The van der Waals surface area contributed by atoms with E-state index in [0.29, 0.717) is 13.2 Å². The number of ether oxygens (including phenoxy) is 1. The maximum absolute atomic E-state index is 13.3. The van der Waals surface area contributed by atoms with Gasteiger partial charge in [-0.2, -0.15) is 0 Å². The third-order valence-electron chi connectivity index (χ3n) is 5.87. The first-order valence-electron chi connectivity index (χ1n) is 10.5. The summed E-state index contributed by atoms with van der Waals surface area (Å²) in [5.74, 6) is -0.188. The zero-order valence-electron chi connectivity index (χ0n) is 17.6. The third kappa shape index (κ3) is 3.32. The van der Waals surface area contributed by atoms with E-state index >= 15 is 0 Å². The predicted octanol–water partition coefficient (Wildman–Crippen LogP) is 3.03. The lowest BCUT2D eigenvalue weighted by Gasteiger charge is -2.44. The van der Waals surface area contributed by atoms with Crippen LogP contribution in [0.1, 0.15) is 34.6 Å². The average molecular weight is 429 g/mol. The minimum atomic E-state index is -0.581. The van der Waals surface area contributed by atoms with E-state index in [0.717, 1.165) is 22.4 Å². The van der Waals surface area contributed by atoms with E-state index in [4.69, 9.17) is 4.74 Å². The van der Waals surface area contributed by atoms with E-state index in [9.17, 15) is 14.7 Å². The third-order valence-corrected chi connectivity index (χ3v) is 5.87. The number of fused-ring (bicyclic) bond motifs is 5. The molecule has 7 heteroatoms. The highest BCUT2D eigenvalue weighted by Gasteiger charge is 2.37. The molecule has 32 heavy (non-hydrogen) atoms. The standard InChI is InChI=1S/C25H23N3O4/c1-17-12-14-32-21-10-6-5-9-19(21)22(18-7-3-2-4-8-18)28-16-26(15-17)25(31)23-24(30)20(29)11-13-27(23)28/h2-13,22,30H,14-16H2,1H3/b17-12-/t22-/m1/s1. The van der Waals surface area contributed by atoms with Crippen LogP contribution in [0.25, 0.3) is 0 Å². The molecule has 0 fully saturated rings. The molecule has 1 aromatic heterocycles. The summed E-state index contributed by atoms with van der Waals surface area (Å²) in [6.45, 7) is 2.95. The van der Waals surface area contributed by atoms with Gasteiger partial charge in [-0.25, -0.2) is 0 Å². The average Bonchev–Trinajstić information content (AvgIpc) is 2.82. The fraction of sp³-hybridized carbons (Fsp3) is 0.200. The summed E-state index contributed by atoms with van der Waals surface area (Å²) in [4.78, 5) is 27.2. The predicted molar refractivity (Wildman–Crippen MR) is 120 cm³/mol. The normalized spacial score (nSPS) is 19.7. The Labute approximate surface area is 185 Å². The molecule has 7 nitrogen and oxygen atoms in total. The number of pyridine rings is 1. The molecule has 3 aromatic rings. The van der Waals surface area contributed by atoms with E-state index < -0.39 is 11.2 Å². The van der Waals surface area contributed by atoms with Gasteiger partial charge in [0.25, 0.3) is 5.91 Å². The summed E-state index contributed by atoms with van der Waals surface area (Å²) >= 11 is 0. The quantitative estimate of drug-likeness (QED) is 0.602. The van der Waals surface area contributed by atoms with E-state index in [1.807, 2.05) is 72.6 Å². The van der Waals surface area contributed by atoms with Crippen molar-refractivity contribution >= 4 is 5.91 Å². The first-order valence-corrected chi connectivity index (χ1v) is 10.5. The number of aromatic hydroxyl groups is 1. The number of nitrogens with zero attached hydrogens (tertiary/aromatic N) is 3. The van der Waals surface area contributed by atoms with Crippen LogP contribution in [0.15, 0.2) is 83.3 Å². The Hall–Kier alpha value is -4.00. The first-order chi connectivity index (χ1) is 15.5. The monoisotopic (exact) mass is 429 g/mol. The molecule has 2 aliphatic rings. The second-order valence-corrected chi connectivity index (χ2v) is 8.02. The lowest BCUT2D eigenvalue weighted by Crippen LogP contribution is -2.55. The number of carbonyl (C=O) groups is 1. The van der Waals surface area contributed by atoms with Crippen molar-refractivity contribution in [3.05, 3.63) is 106 Å². The van der Waals surface area contributed by atoms with Crippen LogP contribution in [-0.4, -0.2) is 40.4 Å². The zero-order valence-corrected chi connectivity index (χ0v) is 17.6. The number of carbonyl (C=O) groups excluding carboxylic acids is 1. The Balaban J connectivity index is 1.80. The van der Waals surface area contributed by atoms with E-state index in [1.54, 1.807) is 15.8 Å². The molecule has 5 rings (SSSR count). The number of rotatable bonds is 1. The van der Waals surface area contributed by atoms with Gasteiger partial charge in [0.2, 0.25) is 5.43 Å². The molecule has 2 aromatic carbocycles.